The van der Waals surface area contributed by atoms with Gasteiger partial charge in [0.05, 0.1) is 5.69 Å². The van der Waals surface area contributed by atoms with E-state index in [0.29, 0.717) is 22.8 Å². The normalized spacial score (nSPS) is 13.2. The SMILES string of the molecule is Cc1nc(-c2ccc3c(c2)NC(=O)CO3)c(C#N)n1C. The van der Waals surface area contributed by atoms with Crippen LogP contribution in [0.15, 0.2) is 18.2 Å². The molecule has 1 aromatic carbocycles. The van der Waals surface area contributed by atoms with Crippen molar-refractivity contribution < 1.29 is 9.53 Å². The molecule has 6 heteroatoms. The Kier molecular flexibility index (Phi) is 2.68. The summed E-state index contributed by atoms with van der Waals surface area (Å²) in [5, 5.41) is 12.0. The number of nitrogens with one attached hydrogen (secondary N) is 1. The molecule has 0 radical (unpaired) electrons. The maximum Gasteiger partial charge on any atom is 0.262 e. The molecule has 0 saturated heterocycles. The molecule has 1 N–H and O–H groups in total. The van der Waals surface area contributed by atoms with Gasteiger partial charge in [-0.05, 0) is 25.1 Å². The molecule has 1 aromatic heterocycles. The molecule has 3 rings (SSSR count). The van der Waals surface area contributed by atoms with Crippen LogP contribution in [0.3, 0.4) is 0 Å². The highest BCUT2D eigenvalue weighted by Crippen LogP contribution is 2.33. The van der Waals surface area contributed by atoms with Crippen LogP contribution in [0, 0.1) is 18.3 Å². The van der Waals surface area contributed by atoms with Gasteiger partial charge in [0.15, 0.2) is 6.61 Å². The quantitative estimate of drug-likeness (QED) is 0.851. The lowest BCUT2D eigenvalue weighted by Gasteiger charge is -2.18. The average Bonchev–Trinajstić information content (AvgIpc) is 2.73. The average molecular weight is 268 g/mol. The minimum absolute atomic E-state index is 0.0263. The zero-order valence-corrected chi connectivity index (χ0v) is 11.1. The van der Waals surface area contributed by atoms with Gasteiger partial charge in [0.2, 0.25) is 0 Å². The van der Waals surface area contributed by atoms with Crippen molar-refractivity contribution in [3.63, 3.8) is 0 Å². The molecule has 0 bridgehead atoms. The monoisotopic (exact) mass is 268 g/mol. The number of carbonyl (C=O) groups is 1. The molecular weight excluding hydrogens is 256 g/mol. The zero-order valence-electron chi connectivity index (χ0n) is 11.1. The van der Waals surface area contributed by atoms with Crippen LogP contribution in [0.1, 0.15) is 11.5 Å². The third-order valence-electron chi connectivity index (χ3n) is 3.31. The van der Waals surface area contributed by atoms with Crippen LogP contribution in [0.25, 0.3) is 11.3 Å². The number of nitrogens with zero attached hydrogens (tertiary/aromatic N) is 3. The first-order valence-corrected chi connectivity index (χ1v) is 6.10. The third kappa shape index (κ3) is 1.80. The lowest BCUT2D eigenvalue weighted by molar-refractivity contribution is -0.118. The number of imidazole rings is 1. The number of amides is 1. The summed E-state index contributed by atoms with van der Waals surface area (Å²) in [6, 6.07) is 7.53. The van der Waals surface area contributed by atoms with Crippen molar-refractivity contribution in [2.45, 2.75) is 6.92 Å². The van der Waals surface area contributed by atoms with Crippen LogP contribution >= 0.6 is 0 Å². The number of fused-ring (bicyclic) bond motifs is 1. The summed E-state index contributed by atoms with van der Waals surface area (Å²) in [7, 11) is 1.80. The fourth-order valence-corrected chi connectivity index (χ4v) is 2.17. The van der Waals surface area contributed by atoms with Gasteiger partial charge in [-0.3, -0.25) is 4.79 Å². The summed E-state index contributed by atoms with van der Waals surface area (Å²) in [6.45, 7) is 1.87. The van der Waals surface area contributed by atoms with E-state index in [1.54, 1.807) is 23.7 Å². The number of nitriles is 1. The van der Waals surface area contributed by atoms with E-state index in [4.69, 9.17) is 4.74 Å². The third-order valence-corrected chi connectivity index (χ3v) is 3.31. The van der Waals surface area contributed by atoms with Crippen LogP contribution in [-0.2, 0) is 11.8 Å². The molecule has 0 unspecified atom stereocenters. The molecule has 0 spiro atoms. The molecule has 6 nitrogen and oxygen atoms in total. The molecule has 1 amide bonds. The van der Waals surface area contributed by atoms with Crippen LogP contribution in [0.2, 0.25) is 0 Å². The maximum absolute atomic E-state index is 11.3. The van der Waals surface area contributed by atoms with E-state index in [1.807, 2.05) is 13.0 Å². The first-order valence-electron chi connectivity index (χ1n) is 6.10. The molecule has 20 heavy (non-hydrogen) atoms. The van der Waals surface area contributed by atoms with Crippen molar-refractivity contribution in [3.05, 3.63) is 29.7 Å². The fourth-order valence-electron chi connectivity index (χ4n) is 2.17. The number of benzene rings is 1. The fraction of sp³-hybridized carbons (Fsp3) is 0.214. The Morgan fingerprint density at radius 3 is 3.05 bits per heavy atom. The molecule has 1 aliphatic heterocycles. The van der Waals surface area contributed by atoms with E-state index < -0.39 is 0 Å². The maximum atomic E-state index is 11.3. The van der Waals surface area contributed by atoms with Crippen molar-refractivity contribution in [2.75, 3.05) is 11.9 Å². The first-order chi connectivity index (χ1) is 9.60. The van der Waals surface area contributed by atoms with Gasteiger partial charge in [0.1, 0.15) is 29.0 Å². The van der Waals surface area contributed by atoms with Gasteiger partial charge in [-0.2, -0.15) is 5.26 Å². The largest absolute Gasteiger partial charge is 0.482 e. The number of hydrogen-bond donors (Lipinski definition) is 1. The number of anilines is 1. The van der Waals surface area contributed by atoms with E-state index >= 15 is 0 Å². The van der Waals surface area contributed by atoms with Crippen LogP contribution < -0.4 is 10.1 Å². The Bertz CT molecular complexity index is 755. The predicted octanol–water partition coefficient (Wildman–Crippen LogP) is 1.60. The highest BCUT2D eigenvalue weighted by atomic mass is 16.5. The van der Waals surface area contributed by atoms with E-state index in [2.05, 4.69) is 16.4 Å². The number of aromatic nitrogens is 2. The lowest BCUT2D eigenvalue weighted by Crippen LogP contribution is -2.25. The number of rotatable bonds is 1. The van der Waals surface area contributed by atoms with E-state index in [-0.39, 0.29) is 12.5 Å². The standard InChI is InChI=1S/C14H12N4O2/c1-8-16-14(11(6-15)18(8)2)9-3-4-12-10(5-9)17-13(19)7-20-12/h3-5H,7H2,1-2H3,(H,17,19). The van der Waals surface area contributed by atoms with Gasteiger partial charge in [0.25, 0.3) is 5.91 Å². The first kappa shape index (κ1) is 12.2. The molecule has 1 aliphatic rings. The molecular formula is C14H12N4O2. The van der Waals surface area contributed by atoms with Gasteiger partial charge >= 0.3 is 0 Å². The van der Waals surface area contributed by atoms with Crippen molar-refractivity contribution >= 4 is 11.6 Å². The van der Waals surface area contributed by atoms with Gasteiger partial charge in [-0.25, -0.2) is 4.98 Å². The smallest absolute Gasteiger partial charge is 0.262 e. The second kappa shape index (κ2) is 4.38. The molecule has 100 valence electrons. The predicted molar refractivity (Wildman–Crippen MR) is 72.2 cm³/mol. The molecule has 0 atom stereocenters. The van der Waals surface area contributed by atoms with Gasteiger partial charge < -0.3 is 14.6 Å². The molecule has 0 aliphatic carbocycles. The van der Waals surface area contributed by atoms with Gasteiger partial charge in [0, 0.05) is 12.6 Å². The second-order valence-electron chi connectivity index (χ2n) is 4.57. The van der Waals surface area contributed by atoms with Crippen LogP contribution in [0.4, 0.5) is 5.69 Å². The lowest BCUT2D eigenvalue weighted by atomic mass is 10.1. The summed E-state index contributed by atoms with van der Waals surface area (Å²) < 4.78 is 7.05. The van der Waals surface area contributed by atoms with Crippen molar-refractivity contribution in [1.82, 2.24) is 9.55 Å². The number of hydrogen-bond acceptors (Lipinski definition) is 4. The van der Waals surface area contributed by atoms with Crippen LogP contribution in [-0.4, -0.2) is 22.1 Å². The number of carbonyl (C=O) groups excluding carboxylic acids is 1. The Balaban J connectivity index is 2.12. The summed E-state index contributed by atoms with van der Waals surface area (Å²) >= 11 is 0. The molecule has 0 fully saturated rings. The topological polar surface area (TPSA) is 79.9 Å². The summed E-state index contributed by atoms with van der Waals surface area (Å²) in [4.78, 5) is 15.8. The van der Waals surface area contributed by atoms with E-state index in [9.17, 15) is 10.1 Å². The Labute approximate surface area is 115 Å². The number of aryl methyl sites for hydroxylation is 1. The second-order valence-corrected chi connectivity index (χ2v) is 4.57. The van der Waals surface area contributed by atoms with Crippen LogP contribution in [0.5, 0.6) is 5.75 Å². The zero-order chi connectivity index (χ0) is 14.3. The van der Waals surface area contributed by atoms with Gasteiger partial charge in [-0.15, -0.1) is 0 Å². The summed E-state index contributed by atoms with van der Waals surface area (Å²) in [5.41, 5.74) is 2.47. The minimum atomic E-state index is -0.188. The minimum Gasteiger partial charge on any atom is -0.482 e. The van der Waals surface area contributed by atoms with Crippen molar-refractivity contribution in [2.24, 2.45) is 7.05 Å². The van der Waals surface area contributed by atoms with E-state index in [0.717, 1.165) is 11.4 Å². The summed E-state index contributed by atoms with van der Waals surface area (Å²) in [6.07, 6.45) is 0. The highest BCUT2D eigenvalue weighted by Gasteiger charge is 2.19. The highest BCUT2D eigenvalue weighted by molar-refractivity contribution is 5.96. The number of ether oxygens (including phenoxy) is 1. The van der Waals surface area contributed by atoms with Crippen molar-refractivity contribution in [3.8, 4) is 23.1 Å². The molecule has 2 heterocycles. The summed E-state index contributed by atoms with van der Waals surface area (Å²) in [5.74, 6) is 1.20. The van der Waals surface area contributed by atoms with E-state index in [1.165, 1.54) is 0 Å². The van der Waals surface area contributed by atoms with Gasteiger partial charge in [-0.1, -0.05) is 0 Å². The molecule has 0 saturated carbocycles. The Hall–Kier alpha value is -2.81. The Morgan fingerprint density at radius 1 is 1.50 bits per heavy atom. The van der Waals surface area contributed by atoms with Crippen molar-refractivity contribution in [1.29, 1.82) is 5.26 Å². The Morgan fingerprint density at radius 2 is 2.30 bits per heavy atom. The molecule has 2 aromatic rings.